The van der Waals surface area contributed by atoms with Gasteiger partial charge in [-0.15, -0.1) is 0 Å². The van der Waals surface area contributed by atoms with Crippen LogP contribution in [0.3, 0.4) is 0 Å². The van der Waals surface area contributed by atoms with E-state index < -0.39 is 0 Å². The van der Waals surface area contributed by atoms with Crippen LogP contribution in [0.4, 0.5) is 0 Å². The first kappa shape index (κ1) is 18.8. The minimum Gasteiger partial charge on any atom is -0.493 e. The highest BCUT2D eigenvalue weighted by Crippen LogP contribution is 2.44. The summed E-state index contributed by atoms with van der Waals surface area (Å²) in [5.41, 5.74) is 1.38. The molecular formula is C25H26NO4+. The van der Waals surface area contributed by atoms with E-state index in [2.05, 4.69) is 41.1 Å². The van der Waals surface area contributed by atoms with Crippen LogP contribution in [0.25, 0.3) is 32.3 Å². The molecular weight excluding hydrogens is 378 g/mol. The number of hydrogen-bond acceptors (Lipinski definition) is 4. The SMILES string of the molecule is COc1cc2c3cc(OC)c(OC)cc3c3c[n+]4c(cc3c2cc1OC)CCCC4. The largest absolute Gasteiger partial charge is 0.493 e. The lowest BCUT2D eigenvalue weighted by Crippen LogP contribution is -2.40. The van der Waals surface area contributed by atoms with Gasteiger partial charge in [0.25, 0.3) is 0 Å². The molecule has 0 radical (unpaired) electrons. The molecule has 0 spiro atoms. The van der Waals surface area contributed by atoms with Gasteiger partial charge in [0.2, 0.25) is 0 Å². The Kier molecular flexibility index (Phi) is 4.54. The molecule has 3 aromatic carbocycles. The van der Waals surface area contributed by atoms with E-state index in [-0.39, 0.29) is 0 Å². The van der Waals surface area contributed by atoms with E-state index in [0.29, 0.717) is 11.5 Å². The molecule has 30 heavy (non-hydrogen) atoms. The number of fused-ring (bicyclic) bond motifs is 7. The quantitative estimate of drug-likeness (QED) is 0.362. The fraction of sp³-hybridized carbons (Fsp3) is 0.320. The minimum atomic E-state index is 0.714. The zero-order valence-electron chi connectivity index (χ0n) is 17.9. The fourth-order valence-electron chi connectivity index (χ4n) is 4.73. The van der Waals surface area contributed by atoms with Gasteiger partial charge in [-0.2, -0.15) is 0 Å². The number of ether oxygens (including phenoxy) is 4. The maximum Gasteiger partial charge on any atom is 0.181 e. The van der Waals surface area contributed by atoms with Gasteiger partial charge in [-0.1, -0.05) is 0 Å². The molecule has 0 atom stereocenters. The summed E-state index contributed by atoms with van der Waals surface area (Å²) >= 11 is 0. The van der Waals surface area contributed by atoms with Crippen molar-refractivity contribution in [2.75, 3.05) is 28.4 Å². The van der Waals surface area contributed by atoms with Crippen molar-refractivity contribution in [1.82, 2.24) is 0 Å². The summed E-state index contributed by atoms with van der Waals surface area (Å²) in [5, 5.41) is 6.93. The van der Waals surface area contributed by atoms with Crippen LogP contribution in [-0.4, -0.2) is 28.4 Å². The van der Waals surface area contributed by atoms with Gasteiger partial charge >= 0.3 is 0 Å². The van der Waals surface area contributed by atoms with Gasteiger partial charge < -0.3 is 18.9 Å². The van der Waals surface area contributed by atoms with Crippen LogP contribution in [0.5, 0.6) is 23.0 Å². The lowest BCUT2D eigenvalue weighted by molar-refractivity contribution is -0.708. The monoisotopic (exact) mass is 404 g/mol. The van der Waals surface area contributed by atoms with E-state index >= 15 is 0 Å². The van der Waals surface area contributed by atoms with E-state index in [1.54, 1.807) is 28.4 Å². The highest BCUT2D eigenvalue weighted by Gasteiger charge is 2.22. The van der Waals surface area contributed by atoms with E-state index in [0.717, 1.165) is 46.0 Å². The Morgan fingerprint density at radius 3 is 1.47 bits per heavy atom. The Morgan fingerprint density at radius 2 is 1.00 bits per heavy atom. The minimum absolute atomic E-state index is 0.714. The molecule has 0 N–H and O–H groups in total. The molecule has 0 saturated heterocycles. The molecule has 0 unspecified atom stereocenters. The number of hydrogen-bond donors (Lipinski definition) is 0. The Bertz CT molecular complexity index is 1030. The van der Waals surface area contributed by atoms with Crippen molar-refractivity contribution < 1.29 is 23.5 Å². The van der Waals surface area contributed by atoms with E-state index in [1.807, 2.05) is 0 Å². The molecule has 0 amide bonds. The summed E-state index contributed by atoms with van der Waals surface area (Å²) in [6, 6.07) is 10.6. The summed E-state index contributed by atoms with van der Waals surface area (Å²) < 4.78 is 24.9. The molecule has 1 aliphatic rings. The number of aryl methyl sites for hydroxylation is 2. The van der Waals surface area contributed by atoms with Crippen molar-refractivity contribution >= 4 is 32.3 Å². The highest BCUT2D eigenvalue weighted by molar-refractivity contribution is 6.26. The van der Waals surface area contributed by atoms with Crippen molar-refractivity contribution in [2.24, 2.45) is 0 Å². The third-order valence-electron chi connectivity index (χ3n) is 6.25. The normalized spacial score (nSPS) is 13.5. The van der Waals surface area contributed by atoms with Gasteiger partial charge in [0.05, 0.1) is 33.8 Å². The molecule has 0 saturated carbocycles. The Balaban J connectivity index is 2.01. The second-order valence-corrected chi connectivity index (χ2v) is 7.75. The Labute approximate surface area is 175 Å². The van der Waals surface area contributed by atoms with E-state index in [9.17, 15) is 0 Å². The van der Waals surface area contributed by atoms with Crippen molar-refractivity contribution in [3.63, 3.8) is 0 Å². The predicted octanol–water partition coefficient (Wildman–Crippen LogP) is 4.80. The van der Waals surface area contributed by atoms with Crippen molar-refractivity contribution in [1.29, 1.82) is 0 Å². The van der Waals surface area contributed by atoms with Crippen LogP contribution in [-0.2, 0) is 13.0 Å². The highest BCUT2D eigenvalue weighted by atomic mass is 16.5. The number of nitrogens with zero attached hydrogens (tertiary/aromatic N) is 1. The Morgan fingerprint density at radius 1 is 0.567 bits per heavy atom. The second-order valence-electron chi connectivity index (χ2n) is 7.75. The molecule has 5 nitrogen and oxygen atoms in total. The van der Waals surface area contributed by atoms with Crippen LogP contribution in [0.15, 0.2) is 36.5 Å². The first-order valence-corrected chi connectivity index (χ1v) is 10.3. The molecule has 1 aromatic heterocycles. The predicted molar refractivity (Wildman–Crippen MR) is 118 cm³/mol. The smallest absolute Gasteiger partial charge is 0.181 e. The zero-order chi connectivity index (χ0) is 20.8. The first-order chi connectivity index (χ1) is 14.7. The number of benzene rings is 3. The number of methoxy groups -OCH3 is 4. The van der Waals surface area contributed by atoms with Crippen LogP contribution < -0.4 is 23.5 Å². The topological polar surface area (TPSA) is 40.8 Å². The average Bonchev–Trinajstić information content (AvgIpc) is 2.81. The molecule has 2 heterocycles. The standard InChI is InChI=1S/C25H26NO4/c1-27-22-10-17-16-9-15-7-5-6-8-26(15)14-21(16)20-13-25(30-4)24(29-3)12-19(20)18(17)11-23(22)28-2/h9-14H,5-8H2,1-4H3/q+1. The third-order valence-corrected chi connectivity index (χ3v) is 6.25. The van der Waals surface area contributed by atoms with Gasteiger partial charge in [-0.05, 0) is 46.8 Å². The zero-order valence-corrected chi connectivity index (χ0v) is 17.9. The first-order valence-electron chi connectivity index (χ1n) is 10.3. The molecule has 5 heteroatoms. The van der Waals surface area contributed by atoms with Crippen LogP contribution in [0, 0.1) is 0 Å². The summed E-state index contributed by atoms with van der Waals surface area (Å²) in [7, 11) is 6.70. The van der Waals surface area contributed by atoms with Crippen LogP contribution in [0.1, 0.15) is 18.5 Å². The van der Waals surface area contributed by atoms with Gasteiger partial charge in [0, 0.05) is 29.7 Å². The van der Waals surface area contributed by atoms with Crippen molar-refractivity contribution in [3.8, 4) is 23.0 Å². The molecule has 0 aliphatic carbocycles. The lowest BCUT2D eigenvalue weighted by Gasteiger charge is -2.17. The summed E-state index contributed by atoms with van der Waals surface area (Å²) in [4.78, 5) is 0. The number of pyridine rings is 1. The van der Waals surface area contributed by atoms with Gasteiger partial charge in [-0.3, -0.25) is 0 Å². The van der Waals surface area contributed by atoms with E-state index in [1.165, 1.54) is 29.3 Å². The molecule has 0 bridgehead atoms. The summed E-state index contributed by atoms with van der Waals surface area (Å²) in [6.45, 7) is 1.06. The lowest BCUT2D eigenvalue weighted by atomic mass is 9.93. The number of rotatable bonds is 4. The maximum atomic E-state index is 5.62. The molecule has 0 fully saturated rings. The average molecular weight is 404 g/mol. The molecule has 154 valence electrons. The van der Waals surface area contributed by atoms with Crippen LogP contribution >= 0.6 is 0 Å². The summed E-state index contributed by atoms with van der Waals surface area (Å²) in [5.74, 6) is 2.89. The molecule has 4 aromatic rings. The third kappa shape index (κ3) is 2.72. The van der Waals surface area contributed by atoms with Crippen molar-refractivity contribution in [3.05, 3.63) is 42.2 Å². The second kappa shape index (κ2) is 7.24. The fourth-order valence-corrected chi connectivity index (χ4v) is 4.73. The Hall–Kier alpha value is -3.21. The summed E-state index contributed by atoms with van der Waals surface area (Å²) in [6.07, 6.45) is 5.86. The van der Waals surface area contributed by atoms with Gasteiger partial charge in [0.1, 0.15) is 6.54 Å². The van der Waals surface area contributed by atoms with Gasteiger partial charge in [-0.25, -0.2) is 4.57 Å². The van der Waals surface area contributed by atoms with E-state index in [4.69, 9.17) is 18.9 Å². The maximum absolute atomic E-state index is 5.62. The number of aromatic nitrogens is 1. The van der Waals surface area contributed by atoms with Crippen molar-refractivity contribution in [2.45, 2.75) is 25.8 Å². The van der Waals surface area contributed by atoms with Crippen LogP contribution in [0.2, 0.25) is 0 Å². The van der Waals surface area contributed by atoms with Gasteiger partial charge in [0.15, 0.2) is 34.9 Å². The molecule has 1 aliphatic heterocycles. The molecule has 5 rings (SSSR count).